The summed E-state index contributed by atoms with van der Waals surface area (Å²) in [5, 5.41) is 7.67. The molecule has 10 aromatic rings. The molecule has 0 aliphatic carbocycles. The second-order valence-corrected chi connectivity index (χ2v) is 15.0. The molecule has 10 aromatic carbocycles. The van der Waals surface area contributed by atoms with Gasteiger partial charge in [0.1, 0.15) is 0 Å². The predicted molar refractivity (Wildman–Crippen MR) is 241 cm³/mol. The summed E-state index contributed by atoms with van der Waals surface area (Å²) in [5.74, 6) is 0. The number of fused-ring (bicyclic) bond motifs is 6. The third kappa shape index (κ3) is 6.06. The van der Waals surface area contributed by atoms with E-state index in [0.29, 0.717) is 0 Å². The Morgan fingerprint density at radius 2 is 0.518 bits per heavy atom. The summed E-state index contributed by atoms with van der Waals surface area (Å²) in [6, 6.07) is 75.9. The zero-order valence-corrected chi connectivity index (χ0v) is 31.6. The van der Waals surface area contributed by atoms with E-state index in [1.807, 2.05) is 0 Å². The third-order valence-electron chi connectivity index (χ3n) is 11.5. The summed E-state index contributed by atoms with van der Waals surface area (Å²) in [6.45, 7) is 4.42. The van der Waals surface area contributed by atoms with Crippen LogP contribution in [0.2, 0.25) is 0 Å². The summed E-state index contributed by atoms with van der Waals surface area (Å²) >= 11 is 0. The van der Waals surface area contributed by atoms with Crippen LogP contribution in [0.3, 0.4) is 0 Å². The van der Waals surface area contributed by atoms with Gasteiger partial charge < -0.3 is 0 Å². The molecule has 0 radical (unpaired) electrons. The normalized spacial score (nSPS) is 11.4. The molecule has 0 saturated heterocycles. The van der Waals surface area contributed by atoms with Gasteiger partial charge in [0, 0.05) is 0 Å². The molecular weight excluding hydrogens is 673 g/mol. The van der Waals surface area contributed by atoms with Gasteiger partial charge in [0.05, 0.1) is 0 Å². The van der Waals surface area contributed by atoms with E-state index in [1.165, 1.54) is 110 Å². The van der Waals surface area contributed by atoms with Gasteiger partial charge >= 0.3 is 0 Å². The number of rotatable bonds is 6. The molecule has 0 bridgehead atoms. The maximum absolute atomic E-state index is 2.40. The van der Waals surface area contributed by atoms with E-state index >= 15 is 0 Å². The fourth-order valence-electron chi connectivity index (χ4n) is 8.53. The standard InChI is InChI=1S/C56H40/c1-37-23-25-43(33-53(37)47-19-11-17-41(31-47)39-13-5-3-6-14-39)45-27-29-51-52-30-28-46(36-56(52)50-22-10-9-21-49(50)55(51)35-45)44-26-24-38(2)54(34-44)48-20-12-18-42(32-48)40-15-7-4-8-16-40/h3-36H,1-2H3. The van der Waals surface area contributed by atoms with Crippen LogP contribution in [-0.4, -0.2) is 0 Å². The number of aryl methyl sites for hydroxylation is 2. The zero-order valence-electron chi connectivity index (χ0n) is 31.6. The van der Waals surface area contributed by atoms with Crippen molar-refractivity contribution in [3.05, 3.63) is 217 Å². The lowest BCUT2D eigenvalue weighted by molar-refractivity contribution is 1.45. The van der Waals surface area contributed by atoms with Crippen LogP contribution in [0.4, 0.5) is 0 Å². The molecule has 0 saturated carbocycles. The van der Waals surface area contributed by atoms with Crippen molar-refractivity contribution < 1.29 is 0 Å². The number of benzene rings is 10. The first-order valence-electron chi connectivity index (χ1n) is 19.5. The minimum absolute atomic E-state index is 1.22. The fraction of sp³-hybridized carbons (Fsp3) is 0.0357. The van der Waals surface area contributed by atoms with E-state index < -0.39 is 0 Å². The lowest BCUT2D eigenvalue weighted by Gasteiger charge is -2.15. The molecule has 56 heavy (non-hydrogen) atoms. The molecule has 0 fully saturated rings. The minimum atomic E-state index is 1.22. The fourth-order valence-corrected chi connectivity index (χ4v) is 8.53. The van der Waals surface area contributed by atoms with Crippen LogP contribution in [0.5, 0.6) is 0 Å². The van der Waals surface area contributed by atoms with Crippen molar-refractivity contribution in [3.8, 4) is 66.8 Å². The highest BCUT2D eigenvalue weighted by Crippen LogP contribution is 2.41. The molecule has 0 nitrogen and oxygen atoms in total. The van der Waals surface area contributed by atoms with E-state index in [9.17, 15) is 0 Å². The summed E-state index contributed by atoms with van der Waals surface area (Å²) in [6.07, 6.45) is 0. The van der Waals surface area contributed by atoms with Crippen LogP contribution in [0.1, 0.15) is 11.1 Å². The van der Waals surface area contributed by atoms with Crippen LogP contribution in [-0.2, 0) is 0 Å². The highest BCUT2D eigenvalue weighted by molar-refractivity contribution is 6.26. The Balaban J connectivity index is 1.05. The lowest BCUT2D eigenvalue weighted by atomic mass is 9.88. The van der Waals surface area contributed by atoms with Crippen LogP contribution in [0.15, 0.2) is 206 Å². The SMILES string of the molecule is Cc1ccc(-c2ccc3c4ccc(-c5ccc(C)c(-c6cccc(-c7ccccc7)c6)c5)cc4c4ccccc4c3c2)cc1-c1cccc(-c2ccccc2)c1. The van der Waals surface area contributed by atoms with Gasteiger partial charge in [0.2, 0.25) is 0 Å². The van der Waals surface area contributed by atoms with Crippen molar-refractivity contribution in [2.24, 2.45) is 0 Å². The first-order valence-corrected chi connectivity index (χ1v) is 19.5. The van der Waals surface area contributed by atoms with Gasteiger partial charge in [-0.25, -0.2) is 0 Å². The molecular formula is C56H40. The van der Waals surface area contributed by atoms with Crippen molar-refractivity contribution in [2.75, 3.05) is 0 Å². The average molecular weight is 713 g/mol. The Morgan fingerprint density at radius 3 is 0.964 bits per heavy atom. The van der Waals surface area contributed by atoms with Crippen LogP contribution < -0.4 is 0 Å². The van der Waals surface area contributed by atoms with Gasteiger partial charge in [-0.15, -0.1) is 0 Å². The molecule has 0 heteroatoms. The summed E-state index contributed by atoms with van der Waals surface area (Å²) in [4.78, 5) is 0. The van der Waals surface area contributed by atoms with Crippen molar-refractivity contribution >= 4 is 32.3 Å². The first kappa shape index (κ1) is 33.5. The van der Waals surface area contributed by atoms with Gasteiger partial charge in [0.15, 0.2) is 0 Å². The van der Waals surface area contributed by atoms with Gasteiger partial charge in [-0.1, -0.05) is 170 Å². The van der Waals surface area contributed by atoms with Crippen LogP contribution in [0, 0.1) is 13.8 Å². The van der Waals surface area contributed by atoms with Crippen LogP contribution in [0.25, 0.3) is 99.1 Å². The van der Waals surface area contributed by atoms with Gasteiger partial charge in [-0.3, -0.25) is 0 Å². The summed E-state index contributed by atoms with van der Waals surface area (Å²) in [5.41, 5.74) is 17.4. The van der Waals surface area contributed by atoms with Crippen molar-refractivity contribution in [3.63, 3.8) is 0 Å². The quantitative estimate of drug-likeness (QED) is 0.151. The molecule has 0 aliphatic rings. The van der Waals surface area contributed by atoms with Crippen LogP contribution >= 0.6 is 0 Å². The predicted octanol–water partition coefficient (Wildman–Crippen LogP) is 15.8. The molecule has 0 atom stereocenters. The third-order valence-corrected chi connectivity index (χ3v) is 11.5. The molecule has 0 heterocycles. The van der Waals surface area contributed by atoms with E-state index in [-0.39, 0.29) is 0 Å². The Labute approximate surface area is 329 Å². The minimum Gasteiger partial charge on any atom is -0.0622 e. The lowest BCUT2D eigenvalue weighted by Crippen LogP contribution is -1.89. The molecule has 0 N–H and O–H groups in total. The Morgan fingerprint density at radius 1 is 0.196 bits per heavy atom. The Kier molecular flexibility index (Phi) is 8.38. The maximum Gasteiger partial charge on any atom is -0.00928 e. The first-order chi connectivity index (χ1) is 27.6. The summed E-state index contributed by atoms with van der Waals surface area (Å²) in [7, 11) is 0. The van der Waals surface area contributed by atoms with E-state index in [1.54, 1.807) is 0 Å². The Hall–Kier alpha value is -7.02. The molecule has 0 amide bonds. The molecule has 264 valence electrons. The van der Waals surface area contributed by atoms with E-state index in [0.717, 1.165) is 0 Å². The zero-order chi connectivity index (χ0) is 37.6. The van der Waals surface area contributed by atoms with Crippen molar-refractivity contribution in [1.29, 1.82) is 0 Å². The molecule has 10 rings (SSSR count). The molecule has 0 unspecified atom stereocenters. The van der Waals surface area contributed by atoms with Gasteiger partial charge in [0.25, 0.3) is 0 Å². The average Bonchev–Trinajstić information content (AvgIpc) is 3.27. The second kappa shape index (κ2) is 14.0. The molecule has 0 aliphatic heterocycles. The van der Waals surface area contributed by atoms with Crippen molar-refractivity contribution in [1.82, 2.24) is 0 Å². The number of hydrogen-bond donors (Lipinski definition) is 0. The van der Waals surface area contributed by atoms with Gasteiger partial charge in [-0.2, -0.15) is 0 Å². The smallest absolute Gasteiger partial charge is 0.00928 e. The number of hydrogen-bond acceptors (Lipinski definition) is 0. The Bertz CT molecular complexity index is 2850. The summed E-state index contributed by atoms with van der Waals surface area (Å²) < 4.78 is 0. The topological polar surface area (TPSA) is 0 Å². The largest absolute Gasteiger partial charge is 0.0622 e. The van der Waals surface area contributed by atoms with Crippen molar-refractivity contribution in [2.45, 2.75) is 13.8 Å². The monoisotopic (exact) mass is 712 g/mol. The molecule has 0 spiro atoms. The van der Waals surface area contributed by atoms with Gasteiger partial charge in [-0.05, 0) is 160 Å². The second-order valence-electron chi connectivity index (χ2n) is 15.0. The van der Waals surface area contributed by atoms with E-state index in [4.69, 9.17) is 0 Å². The highest BCUT2D eigenvalue weighted by atomic mass is 14.2. The molecule has 0 aromatic heterocycles. The van der Waals surface area contributed by atoms with E-state index in [2.05, 4.69) is 220 Å². The highest BCUT2D eigenvalue weighted by Gasteiger charge is 2.14. The maximum atomic E-state index is 2.40.